The average molecular weight is 419 g/mol. The van der Waals surface area contributed by atoms with Gasteiger partial charge < -0.3 is 10.1 Å². The van der Waals surface area contributed by atoms with Crippen LogP contribution in [0.4, 0.5) is 4.79 Å². The summed E-state index contributed by atoms with van der Waals surface area (Å²) in [7, 11) is 0. The fourth-order valence-corrected chi connectivity index (χ4v) is 4.77. The molecule has 2 amide bonds. The molecule has 148 valence electrons. The van der Waals surface area contributed by atoms with Gasteiger partial charge in [0.25, 0.3) is 0 Å². The van der Waals surface area contributed by atoms with Crippen molar-refractivity contribution in [2.24, 2.45) is 0 Å². The summed E-state index contributed by atoms with van der Waals surface area (Å²) < 4.78 is 5.33. The molecule has 1 heterocycles. The van der Waals surface area contributed by atoms with Gasteiger partial charge in [0, 0.05) is 22.9 Å². The quantitative estimate of drug-likeness (QED) is 0.695. The minimum absolute atomic E-state index is 0.308. The summed E-state index contributed by atoms with van der Waals surface area (Å²) in [5.74, 6) is 0.0933. The molecule has 0 aliphatic carbocycles. The fourth-order valence-electron chi connectivity index (χ4n) is 3.01. The first-order valence-electron chi connectivity index (χ1n) is 9.24. The Morgan fingerprint density at radius 1 is 1.18 bits per heavy atom. The van der Waals surface area contributed by atoms with Gasteiger partial charge >= 0.3 is 12.0 Å². The third kappa shape index (κ3) is 4.80. The number of benzene rings is 2. The molecule has 1 aliphatic heterocycles. The SMILES string of the molecule is CCCOC(=O)[C@H]1CS[C@H](c2ccccc2Cl)N1C(=O)NCc1ccccc1. The molecule has 0 radical (unpaired) electrons. The lowest BCUT2D eigenvalue weighted by molar-refractivity contribution is -0.148. The van der Waals surface area contributed by atoms with Crippen molar-refractivity contribution in [3.05, 3.63) is 70.7 Å². The highest BCUT2D eigenvalue weighted by molar-refractivity contribution is 7.99. The monoisotopic (exact) mass is 418 g/mol. The molecule has 0 bridgehead atoms. The van der Waals surface area contributed by atoms with Gasteiger partial charge in [0.15, 0.2) is 0 Å². The number of nitrogens with zero attached hydrogens (tertiary/aromatic N) is 1. The number of carbonyl (C=O) groups is 2. The third-order valence-corrected chi connectivity index (χ3v) is 6.06. The van der Waals surface area contributed by atoms with Crippen LogP contribution in [0, 0.1) is 0 Å². The molecule has 2 atom stereocenters. The van der Waals surface area contributed by atoms with Crippen LogP contribution in [0.3, 0.4) is 0 Å². The van der Waals surface area contributed by atoms with Crippen LogP contribution < -0.4 is 5.32 Å². The number of carbonyl (C=O) groups excluding carboxylic acids is 2. The maximum atomic E-state index is 13.1. The lowest BCUT2D eigenvalue weighted by atomic mass is 10.2. The van der Waals surface area contributed by atoms with Gasteiger partial charge in [-0.05, 0) is 18.1 Å². The van der Waals surface area contributed by atoms with E-state index in [1.807, 2.05) is 55.5 Å². The van der Waals surface area contributed by atoms with Crippen molar-refractivity contribution < 1.29 is 14.3 Å². The zero-order chi connectivity index (χ0) is 19.9. The first kappa shape index (κ1) is 20.6. The molecular formula is C21H23ClN2O3S. The number of hydrogen-bond acceptors (Lipinski definition) is 4. The summed E-state index contributed by atoms with van der Waals surface area (Å²) in [6.45, 7) is 2.66. The zero-order valence-corrected chi connectivity index (χ0v) is 17.2. The Bertz CT molecular complexity index is 818. The van der Waals surface area contributed by atoms with E-state index in [0.29, 0.717) is 23.9 Å². The number of urea groups is 1. The van der Waals surface area contributed by atoms with E-state index in [1.54, 1.807) is 11.0 Å². The maximum Gasteiger partial charge on any atom is 0.329 e. The van der Waals surface area contributed by atoms with Crippen LogP contribution in [0.15, 0.2) is 54.6 Å². The van der Waals surface area contributed by atoms with Crippen LogP contribution in [-0.4, -0.2) is 35.3 Å². The lowest BCUT2D eigenvalue weighted by Gasteiger charge is -2.29. The predicted octanol–water partition coefficient (Wildman–Crippen LogP) is 4.62. The Morgan fingerprint density at radius 3 is 2.61 bits per heavy atom. The molecule has 7 heteroatoms. The third-order valence-electron chi connectivity index (χ3n) is 4.41. The van der Waals surface area contributed by atoms with E-state index in [2.05, 4.69) is 5.32 Å². The van der Waals surface area contributed by atoms with Crippen LogP contribution >= 0.6 is 23.4 Å². The number of esters is 1. The van der Waals surface area contributed by atoms with Crippen LogP contribution in [0.2, 0.25) is 5.02 Å². The van der Waals surface area contributed by atoms with Gasteiger partial charge in [0.2, 0.25) is 0 Å². The number of ether oxygens (including phenoxy) is 1. The van der Waals surface area contributed by atoms with Crippen molar-refractivity contribution in [1.29, 1.82) is 0 Å². The summed E-state index contributed by atoms with van der Waals surface area (Å²) in [4.78, 5) is 27.2. The van der Waals surface area contributed by atoms with Crippen molar-refractivity contribution >= 4 is 35.4 Å². The van der Waals surface area contributed by atoms with E-state index in [4.69, 9.17) is 16.3 Å². The minimum atomic E-state index is -0.645. The summed E-state index contributed by atoms with van der Waals surface area (Å²) in [5.41, 5.74) is 1.80. The molecule has 2 aromatic carbocycles. The smallest absolute Gasteiger partial charge is 0.329 e. The Balaban J connectivity index is 1.81. The van der Waals surface area contributed by atoms with E-state index in [9.17, 15) is 9.59 Å². The first-order valence-corrected chi connectivity index (χ1v) is 10.7. The van der Waals surface area contributed by atoms with Crippen LogP contribution in [-0.2, 0) is 16.1 Å². The second kappa shape index (κ2) is 9.85. The second-order valence-electron chi connectivity index (χ2n) is 6.44. The van der Waals surface area contributed by atoms with E-state index in [0.717, 1.165) is 17.5 Å². The van der Waals surface area contributed by atoms with Gasteiger partial charge in [-0.3, -0.25) is 4.90 Å². The van der Waals surface area contributed by atoms with E-state index in [-0.39, 0.29) is 17.4 Å². The highest BCUT2D eigenvalue weighted by Gasteiger charge is 2.43. The van der Waals surface area contributed by atoms with Crippen molar-refractivity contribution in [2.45, 2.75) is 31.3 Å². The number of thioether (sulfide) groups is 1. The lowest BCUT2D eigenvalue weighted by Crippen LogP contribution is -2.48. The van der Waals surface area contributed by atoms with E-state index < -0.39 is 6.04 Å². The van der Waals surface area contributed by atoms with Gasteiger partial charge in [0.05, 0.1) is 6.61 Å². The Kier molecular flexibility index (Phi) is 7.23. The number of amides is 2. The molecule has 1 saturated heterocycles. The van der Waals surface area contributed by atoms with Gasteiger partial charge in [-0.1, -0.05) is 67.1 Å². The van der Waals surface area contributed by atoms with Crippen molar-refractivity contribution in [1.82, 2.24) is 10.2 Å². The molecule has 0 spiro atoms. The molecule has 1 N–H and O–H groups in total. The largest absolute Gasteiger partial charge is 0.464 e. The average Bonchev–Trinajstić information content (AvgIpc) is 3.16. The van der Waals surface area contributed by atoms with Crippen LogP contribution in [0.1, 0.15) is 29.8 Å². The zero-order valence-electron chi connectivity index (χ0n) is 15.6. The Hall–Kier alpha value is -2.18. The summed E-state index contributed by atoms with van der Waals surface area (Å²) in [5, 5.41) is 3.15. The van der Waals surface area contributed by atoms with E-state index >= 15 is 0 Å². The molecule has 28 heavy (non-hydrogen) atoms. The molecular weight excluding hydrogens is 396 g/mol. The molecule has 1 aliphatic rings. The van der Waals surface area contributed by atoms with Crippen LogP contribution in [0.5, 0.6) is 0 Å². The molecule has 0 aromatic heterocycles. The molecule has 1 fully saturated rings. The number of halogens is 1. The number of hydrogen-bond donors (Lipinski definition) is 1. The molecule has 5 nitrogen and oxygen atoms in total. The van der Waals surface area contributed by atoms with Gasteiger partial charge in [-0.2, -0.15) is 0 Å². The number of rotatable bonds is 6. The summed E-state index contributed by atoms with van der Waals surface area (Å²) in [6.07, 6.45) is 0.736. The fraction of sp³-hybridized carbons (Fsp3) is 0.333. The normalized spacial score (nSPS) is 18.7. The standard InChI is InChI=1S/C21H23ClN2O3S/c1-2-12-27-20(25)18-14-28-19(16-10-6-7-11-17(16)22)24(18)21(26)23-13-15-8-4-3-5-9-15/h3-11,18-19H,2,12-14H2,1H3,(H,23,26)/t18-,19-/m1/s1. The maximum absolute atomic E-state index is 13.1. The Morgan fingerprint density at radius 2 is 1.89 bits per heavy atom. The van der Waals surface area contributed by atoms with E-state index in [1.165, 1.54) is 11.8 Å². The summed E-state index contributed by atoms with van der Waals surface area (Å²) >= 11 is 7.89. The van der Waals surface area contributed by atoms with Crippen LogP contribution in [0.25, 0.3) is 0 Å². The minimum Gasteiger partial charge on any atom is -0.464 e. The summed E-state index contributed by atoms with van der Waals surface area (Å²) in [6, 6.07) is 16.1. The first-order chi connectivity index (χ1) is 13.6. The molecule has 3 rings (SSSR count). The van der Waals surface area contributed by atoms with Crippen molar-refractivity contribution in [2.75, 3.05) is 12.4 Å². The van der Waals surface area contributed by atoms with Gasteiger partial charge in [-0.15, -0.1) is 11.8 Å². The van der Waals surface area contributed by atoms with Gasteiger partial charge in [0.1, 0.15) is 11.4 Å². The predicted molar refractivity (Wildman–Crippen MR) is 112 cm³/mol. The second-order valence-corrected chi connectivity index (χ2v) is 7.96. The number of nitrogens with one attached hydrogen (secondary N) is 1. The Labute approximate surface area is 174 Å². The molecule has 0 saturated carbocycles. The van der Waals surface area contributed by atoms with Crippen molar-refractivity contribution in [3.8, 4) is 0 Å². The highest BCUT2D eigenvalue weighted by atomic mass is 35.5. The molecule has 0 unspecified atom stereocenters. The molecule has 2 aromatic rings. The van der Waals surface area contributed by atoms with Gasteiger partial charge in [-0.25, -0.2) is 9.59 Å². The highest BCUT2D eigenvalue weighted by Crippen LogP contribution is 2.44. The topological polar surface area (TPSA) is 58.6 Å². The van der Waals surface area contributed by atoms with Crippen molar-refractivity contribution in [3.63, 3.8) is 0 Å².